The van der Waals surface area contributed by atoms with E-state index in [-0.39, 0.29) is 0 Å². The number of rotatable bonds is 5. The van der Waals surface area contributed by atoms with Gasteiger partial charge in [0.1, 0.15) is 0 Å². The van der Waals surface area contributed by atoms with Crippen LogP contribution in [-0.2, 0) is 0 Å². The van der Waals surface area contributed by atoms with Crippen molar-refractivity contribution in [3.05, 3.63) is 102 Å². The van der Waals surface area contributed by atoms with Crippen LogP contribution in [0.4, 0.5) is 0 Å². The van der Waals surface area contributed by atoms with Crippen LogP contribution >= 0.6 is 0 Å². The molecule has 0 unspecified atom stereocenters. The van der Waals surface area contributed by atoms with Crippen LogP contribution < -0.4 is 5.73 Å². The average Bonchev–Trinajstić information content (AvgIpc) is 3.18. The molecular weight excluding hydrogens is 366 g/mol. The van der Waals surface area contributed by atoms with Crippen molar-refractivity contribution in [1.29, 1.82) is 0 Å². The lowest BCUT2D eigenvalue weighted by atomic mass is 10.0. The lowest BCUT2D eigenvalue weighted by molar-refractivity contribution is 0.847. The fraction of sp³-hybridized carbons (Fsp3) is 0.222. The summed E-state index contributed by atoms with van der Waals surface area (Å²) in [6.45, 7) is 14.4. The maximum atomic E-state index is 4.86. The Morgan fingerprint density at radius 2 is 1.63 bits per heavy atom. The van der Waals surface area contributed by atoms with Crippen molar-refractivity contribution >= 4 is 5.57 Å². The van der Waals surface area contributed by atoms with Gasteiger partial charge >= 0.3 is 0 Å². The molecule has 3 rings (SSSR count). The summed E-state index contributed by atoms with van der Waals surface area (Å²) in [5, 5.41) is 4.86. The Bertz CT molecular complexity index is 977. The molecule has 0 aliphatic rings. The van der Waals surface area contributed by atoms with Gasteiger partial charge < -0.3 is 5.73 Å². The molecule has 0 radical (unpaired) electrons. The number of nitrogens with zero attached hydrogens (tertiary/aromatic N) is 2. The normalized spacial score (nSPS) is 10.4. The average molecular weight is 402 g/mol. The standard InChI is InChI=1S/C24H24N2.C2H6.CH5N/c1-5-6-8-11-19(3)22-16-18(2)14-15-24(22)26-20(4)17-23(25-26)21-12-9-7-10-13-21;2*1-2/h5-17H,3H2,1-2,4H3;1-2H3;2H2,1H3/b6-5-,11-8-;;. The minimum absolute atomic E-state index is 0.970. The fourth-order valence-corrected chi connectivity index (χ4v) is 2.93. The predicted octanol–water partition coefficient (Wildman–Crippen LogP) is 6.90. The topological polar surface area (TPSA) is 43.8 Å². The summed E-state index contributed by atoms with van der Waals surface area (Å²) in [5.74, 6) is 0. The van der Waals surface area contributed by atoms with Crippen molar-refractivity contribution in [3.63, 3.8) is 0 Å². The van der Waals surface area contributed by atoms with Gasteiger partial charge in [-0.2, -0.15) is 5.10 Å². The molecule has 2 aromatic carbocycles. The van der Waals surface area contributed by atoms with Crippen molar-refractivity contribution in [2.75, 3.05) is 7.05 Å². The first-order valence-electron chi connectivity index (χ1n) is 10.4. The van der Waals surface area contributed by atoms with Gasteiger partial charge in [-0.15, -0.1) is 0 Å². The number of nitrogens with two attached hydrogens (primary N) is 1. The van der Waals surface area contributed by atoms with E-state index in [1.54, 1.807) is 0 Å². The summed E-state index contributed by atoms with van der Waals surface area (Å²) in [7, 11) is 1.50. The SMILES string of the molecule is C=C(/C=C\C=C/C)c1cc(C)ccc1-n1nc(-c2ccccc2)cc1C.CC.CN. The van der Waals surface area contributed by atoms with Gasteiger partial charge in [0.2, 0.25) is 0 Å². The Hall–Kier alpha value is -3.17. The highest BCUT2D eigenvalue weighted by atomic mass is 15.3. The molecule has 3 nitrogen and oxygen atoms in total. The van der Waals surface area contributed by atoms with Gasteiger partial charge in [0.25, 0.3) is 0 Å². The summed E-state index contributed by atoms with van der Waals surface area (Å²) in [5.41, 5.74) is 12.0. The first kappa shape index (κ1) is 24.9. The molecule has 158 valence electrons. The minimum Gasteiger partial charge on any atom is -0.333 e. The Morgan fingerprint density at radius 3 is 2.27 bits per heavy atom. The molecule has 0 atom stereocenters. The molecule has 0 fully saturated rings. The monoisotopic (exact) mass is 401 g/mol. The summed E-state index contributed by atoms with van der Waals surface area (Å²) in [6.07, 6.45) is 8.06. The van der Waals surface area contributed by atoms with Crippen LogP contribution in [0.1, 0.15) is 37.6 Å². The van der Waals surface area contributed by atoms with Crippen LogP contribution in [-0.4, -0.2) is 16.8 Å². The van der Waals surface area contributed by atoms with Crippen molar-refractivity contribution in [2.24, 2.45) is 5.73 Å². The second kappa shape index (κ2) is 13.1. The Balaban J connectivity index is 0.00000106. The minimum atomic E-state index is 0.970. The van der Waals surface area contributed by atoms with E-state index in [1.165, 1.54) is 12.6 Å². The van der Waals surface area contributed by atoms with Gasteiger partial charge in [-0.3, -0.25) is 0 Å². The van der Waals surface area contributed by atoms with E-state index in [2.05, 4.69) is 62.6 Å². The van der Waals surface area contributed by atoms with Crippen molar-refractivity contribution < 1.29 is 0 Å². The number of allylic oxidation sites excluding steroid dienone is 5. The molecule has 1 heterocycles. The summed E-state index contributed by atoms with van der Waals surface area (Å²) < 4.78 is 2.01. The molecule has 1 aromatic heterocycles. The Labute approximate surface area is 182 Å². The lowest BCUT2D eigenvalue weighted by Crippen LogP contribution is -2.03. The van der Waals surface area contributed by atoms with Crippen molar-refractivity contribution in [3.8, 4) is 16.9 Å². The maximum Gasteiger partial charge on any atom is 0.0930 e. The van der Waals surface area contributed by atoms with Crippen LogP contribution in [0.15, 0.2) is 85.5 Å². The van der Waals surface area contributed by atoms with Crippen LogP contribution in [0.3, 0.4) is 0 Å². The van der Waals surface area contributed by atoms with Crippen molar-refractivity contribution in [1.82, 2.24) is 9.78 Å². The molecule has 0 saturated carbocycles. The number of aromatic nitrogens is 2. The molecule has 0 aliphatic heterocycles. The largest absolute Gasteiger partial charge is 0.333 e. The van der Waals surface area contributed by atoms with Crippen LogP contribution in [0.5, 0.6) is 0 Å². The highest BCUT2D eigenvalue weighted by Crippen LogP contribution is 2.27. The van der Waals surface area contributed by atoms with Gasteiger partial charge in [0.05, 0.1) is 11.4 Å². The van der Waals surface area contributed by atoms with E-state index in [1.807, 2.05) is 68.0 Å². The molecule has 0 saturated heterocycles. The maximum absolute atomic E-state index is 4.86. The quantitative estimate of drug-likeness (QED) is 0.472. The Morgan fingerprint density at radius 1 is 0.967 bits per heavy atom. The van der Waals surface area contributed by atoms with Crippen LogP contribution in [0.25, 0.3) is 22.5 Å². The predicted molar refractivity (Wildman–Crippen MR) is 133 cm³/mol. The fourth-order valence-electron chi connectivity index (χ4n) is 2.93. The van der Waals surface area contributed by atoms with Gasteiger partial charge in [-0.25, -0.2) is 4.68 Å². The van der Waals surface area contributed by atoms with Gasteiger partial charge in [0, 0.05) is 16.8 Å². The summed E-state index contributed by atoms with van der Waals surface area (Å²) in [4.78, 5) is 0. The molecule has 3 heteroatoms. The third kappa shape index (κ3) is 6.43. The second-order valence-corrected chi connectivity index (χ2v) is 6.38. The number of benzene rings is 2. The second-order valence-electron chi connectivity index (χ2n) is 6.38. The lowest BCUT2D eigenvalue weighted by Gasteiger charge is -2.12. The van der Waals surface area contributed by atoms with Crippen LogP contribution in [0.2, 0.25) is 0 Å². The van der Waals surface area contributed by atoms with E-state index >= 15 is 0 Å². The third-order valence-corrected chi connectivity index (χ3v) is 4.28. The summed E-state index contributed by atoms with van der Waals surface area (Å²) >= 11 is 0. The molecule has 0 aliphatic carbocycles. The van der Waals surface area contributed by atoms with Gasteiger partial charge in [0.15, 0.2) is 0 Å². The highest BCUT2D eigenvalue weighted by molar-refractivity contribution is 5.78. The van der Waals surface area contributed by atoms with Crippen molar-refractivity contribution in [2.45, 2.75) is 34.6 Å². The third-order valence-electron chi connectivity index (χ3n) is 4.28. The Kier molecular flexibility index (Phi) is 10.9. The van der Waals surface area contributed by atoms with Gasteiger partial charge in [-0.05, 0) is 51.6 Å². The van der Waals surface area contributed by atoms with E-state index in [0.717, 1.165) is 33.8 Å². The molecule has 0 amide bonds. The van der Waals surface area contributed by atoms with E-state index in [0.29, 0.717) is 0 Å². The molecule has 0 spiro atoms. The number of hydrogen-bond donors (Lipinski definition) is 1. The van der Waals surface area contributed by atoms with E-state index in [9.17, 15) is 0 Å². The van der Waals surface area contributed by atoms with E-state index in [4.69, 9.17) is 5.10 Å². The molecule has 2 N–H and O–H groups in total. The summed E-state index contributed by atoms with van der Waals surface area (Å²) in [6, 6.07) is 18.8. The molecule has 30 heavy (non-hydrogen) atoms. The first-order chi connectivity index (χ1) is 14.6. The number of aryl methyl sites for hydroxylation is 2. The first-order valence-corrected chi connectivity index (χ1v) is 10.4. The van der Waals surface area contributed by atoms with E-state index < -0.39 is 0 Å². The zero-order chi connectivity index (χ0) is 22.5. The number of hydrogen-bond acceptors (Lipinski definition) is 2. The highest BCUT2D eigenvalue weighted by Gasteiger charge is 2.12. The van der Waals surface area contributed by atoms with Crippen LogP contribution in [0, 0.1) is 13.8 Å². The molecular formula is C27H35N3. The van der Waals surface area contributed by atoms with Gasteiger partial charge in [-0.1, -0.05) is 86.7 Å². The smallest absolute Gasteiger partial charge is 0.0930 e. The molecule has 3 aromatic rings. The zero-order valence-corrected chi connectivity index (χ0v) is 19.2. The molecule has 0 bridgehead atoms. The zero-order valence-electron chi connectivity index (χ0n) is 19.2.